The summed E-state index contributed by atoms with van der Waals surface area (Å²) in [6.07, 6.45) is 0. The van der Waals surface area contributed by atoms with Gasteiger partial charge in [0.05, 0.1) is 16.7 Å². The molecule has 1 aromatic heterocycles. The second-order valence-electron chi connectivity index (χ2n) is 3.95. The van der Waals surface area contributed by atoms with Crippen LogP contribution in [0.25, 0.3) is 22.3 Å². The van der Waals surface area contributed by atoms with Gasteiger partial charge in [-0.05, 0) is 42.5 Å². The number of nitrogens with zero attached hydrogens (tertiary/aromatic N) is 1. The number of nitriles is 1. The van der Waals surface area contributed by atoms with Crippen molar-refractivity contribution in [2.45, 2.75) is 0 Å². The summed E-state index contributed by atoms with van der Waals surface area (Å²) < 4.78 is 5.74. The second kappa shape index (κ2) is 4.21. The Balaban J connectivity index is 2.14. The van der Waals surface area contributed by atoms with Gasteiger partial charge in [0, 0.05) is 10.9 Å². The van der Waals surface area contributed by atoms with Gasteiger partial charge in [0.25, 0.3) is 0 Å². The Kier molecular flexibility index (Phi) is 2.55. The quantitative estimate of drug-likeness (QED) is 0.634. The lowest BCUT2D eigenvalue weighted by Crippen LogP contribution is -1.75. The van der Waals surface area contributed by atoms with E-state index in [4.69, 9.17) is 21.3 Å². The van der Waals surface area contributed by atoms with E-state index in [0.29, 0.717) is 10.6 Å². The van der Waals surface area contributed by atoms with Gasteiger partial charge in [0.15, 0.2) is 0 Å². The minimum Gasteiger partial charge on any atom is -0.456 e. The van der Waals surface area contributed by atoms with Gasteiger partial charge >= 0.3 is 0 Å². The van der Waals surface area contributed by atoms with Gasteiger partial charge in [-0.25, -0.2) is 0 Å². The summed E-state index contributed by atoms with van der Waals surface area (Å²) in [5, 5.41) is 10.3. The lowest BCUT2D eigenvalue weighted by molar-refractivity contribution is 0.631. The van der Waals surface area contributed by atoms with Crippen LogP contribution >= 0.6 is 11.6 Å². The molecule has 0 spiro atoms. The molecule has 1 heterocycles. The number of furan rings is 1. The molecule has 0 saturated carbocycles. The number of fused-ring (bicyclic) bond motifs is 1. The molecule has 0 amide bonds. The average molecular weight is 254 g/mol. The SMILES string of the molecule is N#Cc1ccc(-c2cc3c(Cl)cccc3o2)cc1. The zero-order valence-corrected chi connectivity index (χ0v) is 10.1. The summed E-state index contributed by atoms with van der Waals surface area (Å²) in [5.74, 6) is 0.752. The van der Waals surface area contributed by atoms with Crippen LogP contribution in [0.3, 0.4) is 0 Å². The Hall–Kier alpha value is -2.24. The molecule has 18 heavy (non-hydrogen) atoms. The molecule has 2 aromatic carbocycles. The molecule has 3 aromatic rings. The number of hydrogen-bond acceptors (Lipinski definition) is 2. The third-order valence-electron chi connectivity index (χ3n) is 2.81. The molecule has 2 nitrogen and oxygen atoms in total. The summed E-state index contributed by atoms with van der Waals surface area (Å²) in [4.78, 5) is 0. The average Bonchev–Trinajstić information content (AvgIpc) is 2.84. The molecule has 0 aliphatic carbocycles. The van der Waals surface area contributed by atoms with Crippen LogP contribution in [-0.4, -0.2) is 0 Å². The lowest BCUT2D eigenvalue weighted by atomic mass is 10.1. The van der Waals surface area contributed by atoms with Gasteiger partial charge in [0.1, 0.15) is 11.3 Å². The molecule has 0 aliphatic heterocycles. The van der Waals surface area contributed by atoms with Crippen molar-refractivity contribution in [1.82, 2.24) is 0 Å². The Labute approximate surface area is 109 Å². The third-order valence-corrected chi connectivity index (χ3v) is 3.14. The Morgan fingerprint density at radius 3 is 2.50 bits per heavy atom. The molecule has 0 aliphatic rings. The van der Waals surface area contributed by atoms with E-state index in [-0.39, 0.29) is 0 Å². The molecular formula is C15H8ClNO. The first-order valence-electron chi connectivity index (χ1n) is 5.46. The highest BCUT2D eigenvalue weighted by atomic mass is 35.5. The van der Waals surface area contributed by atoms with Crippen molar-refractivity contribution in [2.24, 2.45) is 0 Å². The van der Waals surface area contributed by atoms with E-state index in [9.17, 15) is 0 Å². The molecule has 3 heteroatoms. The van der Waals surface area contributed by atoms with Crippen LogP contribution in [-0.2, 0) is 0 Å². The second-order valence-corrected chi connectivity index (χ2v) is 4.36. The molecule has 0 N–H and O–H groups in total. The van der Waals surface area contributed by atoms with Crippen LogP contribution < -0.4 is 0 Å². The highest BCUT2D eigenvalue weighted by Gasteiger charge is 2.08. The maximum Gasteiger partial charge on any atom is 0.136 e. The topological polar surface area (TPSA) is 36.9 Å². The highest BCUT2D eigenvalue weighted by molar-refractivity contribution is 6.35. The molecular weight excluding hydrogens is 246 g/mol. The van der Waals surface area contributed by atoms with Crippen molar-refractivity contribution in [3.05, 3.63) is 59.1 Å². The maximum absolute atomic E-state index is 8.76. The summed E-state index contributed by atoms with van der Waals surface area (Å²) in [5.41, 5.74) is 2.33. The first kappa shape index (κ1) is 10.9. The van der Waals surface area contributed by atoms with Crippen LogP contribution in [0.4, 0.5) is 0 Å². The molecule has 0 saturated heterocycles. The predicted molar refractivity (Wildman–Crippen MR) is 71.4 cm³/mol. The van der Waals surface area contributed by atoms with Crippen molar-refractivity contribution in [1.29, 1.82) is 5.26 Å². The highest BCUT2D eigenvalue weighted by Crippen LogP contribution is 2.31. The van der Waals surface area contributed by atoms with Crippen LogP contribution in [0.5, 0.6) is 0 Å². The lowest BCUT2D eigenvalue weighted by Gasteiger charge is -1.95. The van der Waals surface area contributed by atoms with Crippen molar-refractivity contribution in [3.8, 4) is 17.4 Å². The van der Waals surface area contributed by atoms with E-state index >= 15 is 0 Å². The summed E-state index contributed by atoms with van der Waals surface area (Å²) in [6, 6.07) is 16.8. The Morgan fingerprint density at radius 1 is 1.06 bits per heavy atom. The number of benzene rings is 2. The zero-order valence-electron chi connectivity index (χ0n) is 9.35. The van der Waals surface area contributed by atoms with E-state index in [0.717, 1.165) is 22.3 Å². The van der Waals surface area contributed by atoms with Crippen molar-refractivity contribution < 1.29 is 4.42 Å². The van der Waals surface area contributed by atoms with E-state index in [1.807, 2.05) is 36.4 Å². The van der Waals surface area contributed by atoms with Crippen LogP contribution in [0.2, 0.25) is 5.02 Å². The van der Waals surface area contributed by atoms with Gasteiger partial charge in [0.2, 0.25) is 0 Å². The fourth-order valence-corrected chi connectivity index (χ4v) is 2.10. The summed E-state index contributed by atoms with van der Waals surface area (Å²) in [7, 11) is 0. The minimum absolute atomic E-state index is 0.632. The Morgan fingerprint density at radius 2 is 1.83 bits per heavy atom. The first-order chi connectivity index (χ1) is 8.78. The molecule has 3 rings (SSSR count). The fraction of sp³-hybridized carbons (Fsp3) is 0. The molecule has 0 bridgehead atoms. The van der Waals surface area contributed by atoms with Gasteiger partial charge in [-0.3, -0.25) is 0 Å². The molecule has 0 fully saturated rings. The molecule has 86 valence electrons. The number of halogens is 1. The number of rotatable bonds is 1. The maximum atomic E-state index is 8.76. The van der Waals surface area contributed by atoms with E-state index in [1.165, 1.54) is 0 Å². The van der Waals surface area contributed by atoms with Crippen LogP contribution in [0, 0.1) is 11.3 Å². The monoisotopic (exact) mass is 253 g/mol. The molecule has 0 atom stereocenters. The normalized spacial score (nSPS) is 10.4. The van der Waals surface area contributed by atoms with E-state index < -0.39 is 0 Å². The summed E-state index contributed by atoms with van der Waals surface area (Å²) >= 11 is 6.10. The van der Waals surface area contributed by atoms with Crippen LogP contribution in [0.15, 0.2) is 52.9 Å². The van der Waals surface area contributed by atoms with E-state index in [1.54, 1.807) is 12.1 Å². The smallest absolute Gasteiger partial charge is 0.136 e. The first-order valence-corrected chi connectivity index (χ1v) is 5.84. The third kappa shape index (κ3) is 1.75. The predicted octanol–water partition coefficient (Wildman–Crippen LogP) is 4.62. The van der Waals surface area contributed by atoms with Gasteiger partial charge < -0.3 is 4.42 Å². The molecule has 0 unspecified atom stereocenters. The Bertz CT molecular complexity index is 750. The van der Waals surface area contributed by atoms with Crippen molar-refractivity contribution in [2.75, 3.05) is 0 Å². The van der Waals surface area contributed by atoms with Crippen LogP contribution in [0.1, 0.15) is 5.56 Å². The fourth-order valence-electron chi connectivity index (χ4n) is 1.88. The summed E-state index contributed by atoms with van der Waals surface area (Å²) in [6.45, 7) is 0. The molecule has 0 radical (unpaired) electrons. The van der Waals surface area contributed by atoms with Gasteiger partial charge in [-0.2, -0.15) is 5.26 Å². The largest absolute Gasteiger partial charge is 0.456 e. The standard InChI is InChI=1S/C15H8ClNO/c16-13-2-1-3-14-12(13)8-15(18-14)11-6-4-10(9-17)5-7-11/h1-8H. The zero-order chi connectivity index (χ0) is 12.5. The van der Waals surface area contributed by atoms with Gasteiger partial charge in [-0.1, -0.05) is 17.7 Å². The van der Waals surface area contributed by atoms with E-state index in [2.05, 4.69) is 6.07 Å². The van der Waals surface area contributed by atoms with Crippen molar-refractivity contribution in [3.63, 3.8) is 0 Å². The minimum atomic E-state index is 0.632. The van der Waals surface area contributed by atoms with Crippen molar-refractivity contribution >= 4 is 22.6 Å². The number of hydrogen-bond donors (Lipinski definition) is 0. The van der Waals surface area contributed by atoms with Gasteiger partial charge in [-0.15, -0.1) is 0 Å².